The van der Waals surface area contributed by atoms with Gasteiger partial charge in [-0.05, 0) is 35.9 Å². The van der Waals surface area contributed by atoms with Gasteiger partial charge in [0.25, 0.3) is 5.91 Å². The minimum Gasteiger partial charge on any atom is -0.490 e. The lowest BCUT2D eigenvalue weighted by Crippen LogP contribution is -2.53. The van der Waals surface area contributed by atoms with Crippen LogP contribution < -0.4 is 4.74 Å². The van der Waals surface area contributed by atoms with Crippen LogP contribution in [0.25, 0.3) is 0 Å². The third-order valence-corrected chi connectivity index (χ3v) is 5.93. The number of ether oxygens (including phenoxy) is 4. The predicted octanol–water partition coefficient (Wildman–Crippen LogP) is 4.51. The average molecular weight is 490 g/mol. The van der Waals surface area contributed by atoms with Gasteiger partial charge >= 0.3 is 6.36 Å². The summed E-state index contributed by atoms with van der Waals surface area (Å²) in [6, 6.07) is 10.4. The first-order chi connectivity index (χ1) is 15.7. The second-order valence-corrected chi connectivity index (χ2v) is 8.01. The number of nitrogens with zero attached hydrogens (tertiary/aromatic N) is 1. The molecule has 0 radical (unpaired) electrons. The van der Waals surface area contributed by atoms with E-state index in [1.807, 2.05) is 0 Å². The lowest BCUT2D eigenvalue weighted by atomic mass is 9.82. The van der Waals surface area contributed by atoms with Crippen LogP contribution in [-0.4, -0.2) is 56.4 Å². The Morgan fingerprint density at radius 1 is 1.21 bits per heavy atom. The van der Waals surface area contributed by atoms with E-state index in [0.29, 0.717) is 18.5 Å². The molecule has 2 aliphatic rings. The number of rotatable bonds is 6. The van der Waals surface area contributed by atoms with Crippen molar-refractivity contribution in [2.75, 3.05) is 33.1 Å². The summed E-state index contributed by atoms with van der Waals surface area (Å²) in [5, 5.41) is 0.0828. The average Bonchev–Trinajstić information content (AvgIpc) is 3.21. The maximum Gasteiger partial charge on any atom is 0.522 e. The van der Waals surface area contributed by atoms with Crippen molar-refractivity contribution in [3.63, 3.8) is 0 Å². The van der Waals surface area contributed by atoms with Gasteiger partial charge in [0, 0.05) is 18.5 Å². The van der Waals surface area contributed by atoms with Crippen LogP contribution in [-0.2, 0) is 19.8 Å². The molecule has 11 heteroatoms. The van der Waals surface area contributed by atoms with E-state index in [4.69, 9.17) is 25.8 Å². The fourth-order valence-corrected chi connectivity index (χ4v) is 4.30. The van der Waals surface area contributed by atoms with Gasteiger partial charge in [0.1, 0.15) is 36.7 Å². The Kier molecular flexibility index (Phi) is 6.81. The normalized spacial score (nSPS) is 22.8. The lowest BCUT2D eigenvalue weighted by molar-refractivity contribution is -0.325. The number of likely N-dealkylation sites (tertiary alicyclic amines) is 1. The lowest BCUT2D eigenvalue weighted by Gasteiger charge is -2.42. The maximum absolute atomic E-state index is 13.8. The minimum absolute atomic E-state index is 0.0408. The molecule has 1 amide bonds. The number of hydrogen-bond donors (Lipinski definition) is 0. The zero-order valence-electron chi connectivity index (χ0n) is 17.2. The van der Waals surface area contributed by atoms with Crippen LogP contribution in [0.5, 0.6) is 5.75 Å². The summed E-state index contributed by atoms with van der Waals surface area (Å²) in [4.78, 5) is 14.6. The highest BCUT2D eigenvalue weighted by Crippen LogP contribution is 2.43. The van der Waals surface area contributed by atoms with Crippen molar-refractivity contribution < 1.29 is 41.3 Å². The molecule has 0 bridgehead atoms. The third kappa shape index (κ3) is 5.24. The molecule has 0 aliphatic carbocycles. The van der Waals surface area contributed by atoms with Crippen molar-refractivity contribution in [2.24, 2.45) is 0 Å². The topological polar surface area (TPSA) is 57.2 Å². The van der Waals surface area contributed by atoms with E-state index in [-0.39, 0.29) is 48.0 Å². The van der Waals surface area contributed by atoms with Gasteiger partial charge in [0.2, 0.25) is 0 Å². The minimum atomic E-state index is -4.74. The zero-order valence-corrected chi connectivity index (χ0v) is 18.0. The molecule has 178 valence electrons. The van der Waals surface area contributed by atoms with Crippen molar-refractivity contribution in [3.05, 3.63) is 64.4 Å². The Labute approximate surface area is 191 Å². The van der Waals surface area contributed by atoms with E-state index in [1.54, 1.807) is 17.0 Å². The summed E-state index contributed by atoms with van der Waals surface area (Å²) in [5.41, 5.74) is 0.124. The van der Waals surface area contributed by atoms with Gasteiger partial charge in [-0.25, -0.2) is 4.39 Å². The quantitative estimate of drug-likeness (QED) is 0.441. The number of carbonyl (C=O) groups is 1. The van der Waals surface area contributed by atoms with Crippen molar-refractivity contribution in [1.82, 2.24) is 4.90 Å². The Balaban J connectivity index is 1.40. The van der Waals surface area contributed by atoms with Crippen LogP contribution in [0.1, 0.15) is 22.3 Å². The Morgan fingerprint density at radius 2 is 2.03 bits per heavy atom. The molecule has 2 aromatic rings. The van der Waals surface area contributed by atoms with Gasteiger partial charge in [-0.2, -0.15) is 0 Å². The summed E-state index contributed by atoms with van der Waals surface area (Å²) in [5.74, 6) is -0.543. The van der Waals surface area contributed by atoms with Gasteiger partial charge in [0.05, 0.1) is 18.2 Å². The van der Waals surface area contributed by atoms with Crippen molar-refractivity contribution >= 4 is 17.5 Å². The molecule has 33 heavy (non-hydrogen) atoms. The number of hydrogen-bond acceptors (Lipinski definition) is 5. The summed E-state index contributed by atoms with van der Waals surface area (Å²) in [6.07, 6.45) is -4.79. The van der Waals surface area contributed by atoms with E-state index in [2.05, 4.69) is 4.74 Å². The molecular weight excluding hydrogens is 470 g/mol. The molecule has 2 heterocycles. The Bertz CT molecular complexity index is 1020. The fraction of sp³-hybridized carbons (Fsp3) is 0.409. The highest BCUT2D eigenvalue weighted by Gasteiger charge is 2.51. The van der Waals surface area contributed by atoms with Crippen LogP contribution in [0.3, 0.4) is 0 Å². The molecule has 2 atom stereocenters. The van der Waals surface area contributed by atoms with E-state index < -0.39 is 24.7 Å². The molecule has 2 aromatic carbocycles. The second kappa shape index (κ2) is 9.46. The number of fused-ring (bicyclic) bond motifs is 1. The number of amides is 1. The third-order valence-electron chi connectivity index (χ3n) is 5.63. The van der Waals surface area contributed by atoms with Gasteiger partial charge in [-0.15, -0.1) is 13.2 Å². The molecule has 0 spiro atoms. The summed E-state index contributed by atoms with van der Waals surface area (Å²) >= 11 is 6.15. The van der Waals surface area contributed by atoms with Crippen LogP contribution in [0.4, 0.5) is 17.6 Å². The molecule has 0 aromatic heterocycles. The fourth-order valence-electron chi connectivity index (χ4n) is 4.07. The van der Waals surface area contributed by atoms with Crippen LogP contribution in [0.2, 0.25) is 5.02 Å². The van der Waals surface area contributed by atoms with Gasteiger partial charge < -0.3 is 19.1 Å². The summed E-state index contributed by atoms with van der Waals surface area (Å²) < 4.78 is 70.3. The molecule has 4 rings (SSSR count). The van der Waals surface area contributed by atoms with Crippen molar-refractivity contribution in [3.8, 4) is 5.75 Å². The van der Waals surface area contributed by atoms with Crippen LogP contribution in [0, 0.1) is 5.82 Å². The predicted molar refractivity (Wildman–Crippen MR) is 108 cm³/mol. The van der Waals surface area contributed by atoms with Crippen LogP contribution in [0.15, 0.2) is 42.5 Å². The van der Waals surface area contributed by atoms with E-state index in [9.17, 15) is 22.4 Å². The number of halogens is 5. The number of alkyl halides is 3. The first-order valence-electron chi connectivity index (χ1n) is 10.1. The molecule has 6 nitrogen and oxygen atoms in total. The SMILES string of the molecule is O=C(c1ccc(OCCOC(F)(F)F)c(Cl)c1)N1CCC2(c3cccc(F)c3)OCOC2C1. The van der Waals surface area contributed by atoms with E-state index >= 15 is 0 Å². The first-order valence-corrected chi connectivity index (χ1v) is 10.5. The Morgan fingerprint density at radius 3 is 2.76 bits per heavy atom. The molecular formula is C22H20ClF4NO5. The molecule has 2 fully saturated rings. The highest BCUT2D eigenvalue weighted by molar-refractivity contribution is 6.32. The first kappa shape index (κ1) is 23.7. The highest BCUT2D eigenvalue weighted by atomic mass is 35.5. The summed E-state index contributed by atoms with van der Waals surface area (Å²) in [6.45, 7) is -0.427. The van der Waals surface area contributed by atoms with Gasteiger partial charge in [0.15, 0.2) is 0 Å². The molecule has 2 aliphatic heterocycles. The molecule has 2 saturated heterocycles. The number of carbonyl (C=O) groups excluding carboxylic acids is 1. The molecule has 0 N–H and O–H groups in total. The number of piperidine rings is 1. The summed E-state index contributed by atoms with van der Waals surface area (Å²) in [7, 11) is 0. The largest absolute Gasteiger partial charge is 0.522 e. The monoisotopic (exact) mass is 489 g/mol. The smallest absolute Gasteiger partial charge is 0.490 e. The maximum atomic E-state index is 13.8. The van der Waals surface area contributed by atoms with Crippen LogP contribution >= 0.6 is 11.6 Å². The number of benzene rings is 2. The van der Waals surface area contributed by atoms with E-state index in [1.165, 1.54) is 30.3 Å². The van der Waals surface area contributed by atoms with Gasteiger partial charge in [-0.3, -0.25) is 9.53 Å². The second-order valence-electron chi connectivity index (χ2n) is 7.61. The van der Waals surface area contributed by atoms with E-state index in [0.717, 1.165) is 0 Å². The van der Waals surface area contributed by atoms with Gasteiger partial charge in [-0.1, -0.05) is 23.7 Å². The molecule has 0 saturated carbocycles. The standard InChI is InChI=1S/C22H20ClF4NO5/c23-17-10-14(4-5-18(17)30-8-9-32-22(25,26)27)20(29)28-7-6-21(19(12-28)31-13-33-21)15-2-1-3-16(24)11-15/h1-5,10-11,19H,6-9,12-13H2. The van der Waals surface area contributed by atoms with Crippen molar-refractivity contribution in [1.29, 1.82) is 0 Å². The Hall–Kier alpha value is -2.40. The molecule has 2 unspecified atom stereocenters. The van der Waals surface area contributed by atoms with Crippen molar-refractivity contribution in [2.45, 2.75) is 24.5 Å². The zero-order chi connectivity index (χ0) is 23.6.